The summed E-state index contributed by atoms with van der Waals surface area (Å²) in [6.45, 7) is 1.24. The molecule has 0 aromatic heterocycles. The fraction of sp³-hybridized carbons (Fsp3) is 0.200. The summed E-state index contributed by atoms with van der Waals surface area (Å²) in [4.78, 5) is 21.4. The Morgan fingerprint density at radius 3 is 2.40 bits per heavy atom. The maximum Gasteiger partial charge on any atom is 0.514 e. The number of aliphatic carboxylic acids is 1. The van der Waals surface area contributed by atoms with Crippen LogP contribution in [0.4, 0.5) is 4.79 Å². The Bertz CT molecular complexity index is 346. The quantitative estimate of drug-likeness (QED) is 0.606. The molecule has 1 rings (SSSR count). The van der Waals surface area contributed by atoms with Crippen molar-refractivity contribution in [3.8, 4) is 5.75 Å². The van der Waals surface area contributed by atoms with Crippen molar-refractivity contribution in [2.45, 2.75) is 13.0 Å². The fourth-order valence-corrected chi connectivity index (χ4v) is 0.804. The minimum Gasteiger partial charge on any atom is -0.479 e. The van der Waals surface area contributed by atoms with Gasteiger partial charge in [0, 0.05) is 0 Å². The Kier molecular flexibility index (Phi) is 3.68. The van der Waals surface area contributed by atoms with Crippen molar-refractivity contribution in [3.05, 3.63) is 30.3 Å². The molecule has 0 aliphatic carbocycles. The topological polar surface area (TPSA) is 72.8 Å². The summed E-state index contributed by atoms with van der Waals surface area (Å²) >= 11 is 0. The number of carbonyl (C=O) groups is 2. The third-order valence-corrected chi connectivity index (χ3v) is 1.57. The van der Waals surface area contributed by atoms with Gasteiger partial charge in [-0.05, 0) is 19.1 Å². The minimum absolute atomic E-state index is 0.306. The summed E-state index contributed by atoms with van der Waals surface area (Å²) in [6.07, 6.45) is -2.25. The van der Waals surface area contributed by atoms with Gasteiger partial charge in [0.05, 0.1) is 0 Å². The van der Waals surface area contributed by atoms with Gasteiger partial charge in [-0.1, -0.05) is 18.2 Å². The van der Waals surface area contributed by atoms with Crippen molar-refractivity contribution in [3.63, 3.8) is 0 Å². The van der Waals surface area contributed by atoms with Crippen molar-refractivity contribution < 1.29 is 24.2 Å². The molecule has 5 heteroatoms. The van der Waals surface area contributed by atoms with Gasteiger partial charge in [0.2, 0.25) is 0 Å². The second kappa shape index (κ2) is 4.99. The lowest BCUT2D eigenvalue weighted by molar-refractivity contribution is -0.146. The number of para-hydroxylation sites is 1. The lowest BCUT2D eigenvalue weighted by atomic mass is 10.3. The van der Waals surface area contributed by atoms with Crippen LogP contribution in [0.1, 0.15) is 6.92 Å². The molecule has 1 N–H and O–H groups in total. The van der Waals surface area contributed by atoms with Crippen LogP contribution in [0.5, 0.6) is 5.75 Å². The normalized spacial score (nSPS) is 11.5. The zero-order valence-corrected chi connectivity index (χ0v) is 8.04. The standard InChI is InChI=1S/C10H10O5/c1-7(9(11)12)14-10(13)15-8-5-3-2-4-6-8/h2-7H,1H3,(H,11,12). The molecule has 0 spiro atoms. The van der Waals surface area contributed by atoms with E-state index in [1.54, 1.807) is 30.3 Å². The van der Waals surface area contributed by atoms with Crippen LogP contribution < -0.4 is 4.74 Å². The molecule has 5 nitrogen and oxygen atoms in total. The number of carboxylic acid groups (broad SMARTS) is 1. The Morgan fingerprint density at radius 1 is 1.27 bits per heavy atom. The van der Waals surface area contributed by atoms with Crippen molar-refractivity contribution in [2.24, 2.45) is 0 Å². The second-order valence-corrected chi connectivity index (χ2v) is 2.76. The summed E-state index contributed by atoms with van der Waals surface area (Å²) in [5.41, 5.74) is 0. The lowest BCUT2D eigenvalue weighted by Gasteiger charge is -2.08. The molecule has 0 fully saturated rings. The van der Waals surface area contributed by atoms with E-state index in [1.165, 1.54) is 6.92 Å². The SMILES string of the molecule is CC(OC(=O)Oc1ccccc1)C(=O)O. The van der Waals surface area contributed by atoms with Crippen molar-refractivity contribution in [1.82, 2.24) is 0 Å². The van der Waals surface area contributed by atoms with E-state index < -0.39 is 18.2 Å². The van der Waals surface area contributed by atoms with Gasteiger partial charge in [-0.15, -0.1) is 0 Å². The zero-order valence-electron chi connectivity index (χ0n) is 8.04. The highest BCUT2D eigenvalue weighted by atomic mass is 16.7. The van der Waals surface area contributed by atoms with Crippen LogP contribution in [0.2, 0.25) is 0 Å². The van der Waals surface area contributed by atoms with Crippen LogP contribution in [0.3, 0.4) is 0 Å². The fourth-order valence-electron chi connectivity index (χ4n) is 0.804. The van der Waals surface area contributed by atoms with Gasteiger partial charge in [-0.2, -0.15) is 0 Å². The maximum absolute atomic E-state index is 11.0. The highest BCUT2D eigenvalue weighted by Crippen LogP contribution is 2.09. The largest absolute Gasteiger partial charge is 0.514 e. The van der Waals surface area contributed by atoms with E-state index in [0.29, 0.717) is 5.75 Å². The first-order valence-corrected chi connectivity index (χ1v) is 4.26. The number of hydrogen-bond donors (Lipinski definition) is 1. The number of carboxylic acids is 1. The second-order valence-electron chi connectivity index (χ2n) is 2.76. The molecule has 1 aromatic rings. The number of hydrogen-bond acceptors (Lipinski definition) is 4. The van der Waals surface area contributed by atoms with Gasteiger partial charge in [0.25, 0.3) is 0 Å². The number of benzene rings is 1. The first-order chi connectivity index (χ1) is 7.09. The Morgan fingerprint density at radius 2 is 1.87 bits per heavy atom. The smallest absolute Gasteiger partial charge is 0.479 e. The van der Waals surface area contributed by atoms with Crippen molar-refractivity contribution >= 4 is 12.1 Å². The molecule has 1 unspecified atom stereocenters. The van der Waals surface area contributed by atoms with E-state index in [9.17, 15) is 9.59 Å². The van der Waals surface area contributed by atoms with Gasteiger partial charge in [0.1, 0.15) is 5.75 Å². The van der Waals surface area contributed by atoms with Crippen LogP contribution >= 0.6 is 0 Å². The van der Waals surface area contributed by atoms with Crippen molar-refractivity contribution in [2.75, 3.05) is 0 Å². The molecule has 80 valence electrons. The molecule has 0 aliphatic heterocycles. The summed E-state index contributed by atoms with van der Waals surface area (Å²) in [5.74, 6) is -0.917. The van der Waals surface area contributed by atoms with E-state index in [0.717, 1.165) is 0 Å². The molecule has 0 bridgehead atoms. The van der Waals surface area contributed by atoms with Gasteiger partial charge in [0.15, 0.2) is 6.10 Å². The van der Waals surface area contributed by atoms with Gasteiger partial charge in [-0.3, -0.25) is 0 Å². The summed E-state index contributed by atoms with van der Waals surface area (Å²) < 4.78 is 9.17. The molecule has 0 saturated carbocycles. The zero-order chi connectivity index (χ0) is 11.3. The lowest BCUT2D eigenvalue weighted by Crippen LogP contribution is -2.25. The highest BCUT2D eigenvalue weighted by molar-refractivity contribution is 5.75. The molecule has 0 aliphatic rings. The Balaban J connectivity index is 2.47. The highest BCUT2D eigenvalue weighted by Gasteiger charge is 2.17. The first-order valence-electron chi connectivity index (χ1n) is 4.26. The van der Waals surface area contributed by atoms with E-state index in [1.807, 2.05) is 0 Å². The Labute approximate surface area is 86.2 Å². The van der Waals surface area contributed by atoms with E-state index >= 15 is 0 Å². The third kappa shape index (κ3) is 3.68. The molecule has 1 aromatic carbocycles. The van der Waals surface area contributed by atoms with Crippen molar-refractivity contribution in [1.29, 1.82) is 0 Å². The molecule has 15 heavy (non-hydrogen) atoms. The maximum atomic E-state index is 11.0. The molecule has 0 saturated heterocycles. The molecule has 1 atom stereocenters. The van der Waals surface area contributed by atoms with Crippen LogP contribution in [0.15, 0.2) is 30.3 Å². The summed E-state index contributed by atoms with van der Waals surface area (Å²) in [7, 11) is 0. The number of carbonyl (C=O) groups excluding carboxylic acids is 1. The van der Waals surface area contributed by atoms with Gasteiger partial charge < -0.3 is 14.6 Å². The van der Waals surface area contributed by atoms with E-state index in [4.69, 9.17) is 9.84 Å². The molecular weight excluding hydrogens is 200 g/mol. The third-order valence-electron chi connectivity index (χ3n) is 1.57. The number of ether oxygens (including phenoxy) is 2. The van der Waals surface area contributed by atoms with Crippen LogP contribution in [0.25, 0.3) is 0 Å². The van der Waals surface area contributed by atoms with Gasteiger partial charge >= 0.3 is 12.1 Å². The number of rotatable bonds is 3. The van der Waals surface area contributed by atoms with Crippen LogP contribution in [-0.4, -0.2) is 23.3 Å². The average Bonchev–Trinajstić information content (AvgIpc) is 2.18. The molecule has 0 amide bonds. The predicted octanol–water partition coefficient (Wildman–Crippen LogP) is 1.68. The molecular formula is C10H10O5. The summed E-state index contributed by atoms with van der Waals surface area (Å²) in [6, 6.07) is 8.25. The van der Waals surface area contributed by atoms with E-state index in [-0.39, 0.29) is 0 Å². The molecule has 0 radical (unpaired) electrons. The first kappa shape index (κ1) is 11.0. The van der Waals surface area contributed by atoms with Crippen LogP contribution in [-0.2, 0) is 9.53 Å². The van der Waals surface area contributed by atoms with Gasteiger partial charge in [-0.25, -0.2) is 9.59 Å². The molecule has 0 heterocycles. The predicted molar refractivity (Wildman–Crippen MR) is 50.6 cm³/mol. The summed E-state index contributed by atoms with van der Waals surface area (Å²) in [5, 5.41) is 8.46. The monoisotopic (exact) mass is 210 g/mol. The average molecular weight is 210 g/mol. The minimum atomic E-state index is -1.22. The van der Waals surface area contributed by atoms with E-state index in [2.05, 4.69) is 4.74 Å². The van der Waals surface area contributed by atoms with Crippen LogP contribution in [0, 0.1) is 0 Å². The Hall–Kier alpha value is -2.04.